The molecular weight excluding hydrogens is 288 g/mol. The van der Waals surface area contributed by atoms with Crippen molar-refractivity contribution in [3.63, 3.8) is 0 Å². The summed E-state index contributed by atoms with van der Waals surface area (Å²) in [5, 5.41) is 8.77. The zero-order valence-electron chi connectivity index (χ0n) is 11.2. The van der Waals surface area contributed by atoms with Crippen molar-refractivity contribution in [2.45, 2.75) is 18.7 Å². The van der Waals surface area contributed by atoms with Crippen LogP contribution >= 0.6 is 0 Å². The SMILES string of the molecule is Cc1oc(C)c(S(=O)(=O)NO)c1C(=O)N1CCOCC1. The molecule has 0 saturated carbocycles. The molecule has 0 atom stereocenters. The van der Waals surface area contributed by atoms with Crippen LogP contribution in [0.2, 0.25) is 0 Å². The van der Waals surface area contributed by atoms with Crippen LogP contribution in [0.3, 0.4) is 0 Å². The maximum atomic E-state index is 12.5. The minimum Gasteiger partial charge on any atom is -0.464 e. The quantitative estimate of drug-likeness (QED) is 0.763. The van der Waals surface area contributed by atoms with Crippen LogP contribution in [-0.4, -0.2) is 50.7 Å². The molecule has 0 radical (unpaired) electrons. The highest BCUT2D eigenvalue weighted by molar-refractivity contribution is 7.89. The van der Waals surface area contributed by atoms with E-state index in [0.29, 0.717) is 26.3 Å². The summed E-state index contributed by atoms with van der Waals surface area (Å²) in [6.07, 6.45) is 0. The molecule has 0 aliphatic carbocycles. The lowest BCUT2D eigenvalue weighted by Crippen LogP contribution is -2.41. The molecule has 0 spiro atoms. The van der Waals surface area contributed by atoms with Crippen molar-refractivity contribution in [1.82, 2.24) is 9.79 Å². The summed E-state index contributed by atoms with van der Waals surface area (Å²) in [6, 6.07) is 0. The molecule has 2 rings (SSSR count). The molecule has 1 amide bonds. The number of carbonyl (C=O) groups is 1. The summed E-state index contributed by atoms with van der Waals surface area (Å²) in [5.74, 6) is -0.190. The number of rotatable bonds is 3. The van der Waals surface area contributed by atoms with Gasteiger partial charge in [0.2, 0.25) is 0 Å². The Morgan fingerprint density at radius 3 is 2.40 bits per heavy atom. The minimum absolute atomic E-state index is 0.0500. The summed E-state index contributed by atoms with van der Waals surface area (Å²) < 4.78 is 34.0. The molecule has 1 aromatic rings. The van der Waals surface area contributed by atoms with Gasteiger partial charge in [-0.05, 0) is 13.8 Å². The van der Waals surface area contributed by atoms with Crippen molar-refractivity contribution >= 4 is 15.9 Å². The molecule has 1 aromatic heterocycles. The van der Waals surface area contributed by atoms with Crippen LogP contribution in [0.1, 0.15) is 21.9 Å². The lowest BCUT2D eigenvalue weighted by Gasteiger charge is -2.26. The van der Waals surface area contributed by atoms with Gasteiger partial charge in [-0.15, -0.1) is 0 Å². The highest BCUT2D eigenvalue weighted by Gasteiger charge is 2.33. The first kappa shape index (κ1) is 15.0. The molecule has 9 heteroatoms. The van der Waals surface area contributed by atoms with Crippen LogP contribution in [0.25, 0.3) is 0 Å². The van der Waals surface area contributed by atoms with E-state index in [9.17, 15) is 13.2 Å². The monoisotopic (exact) mass is 304 g/mol. The van der Waals surface area contributed by atoms with Gasteiger partial charge in [0, 0.05) is 13.1 Å². The molecule has 1 aliphatic rings. The fourth-order valence-electron chi connectivity index (χ4n) is 2.20. The number of sulfonamides is 1. The zero-order valence-corrected chi connectivity index (χ0v) is 12.0. The Bertz CT molecular complexity index is 615. The summed E-state index contributed by atoms with van der Waals surface area (Å²) >= 11 is 0. The molecule has 112 valence electrons. The number of furan rings is 1. The molecule has 1 fully saturated rings. The first-order valence-electron chi connectivity index (χ1n) is 6.01. The standard InChI is InChI=1S/C11H16N2O6S/c1-7-9(11(14)13-3-5-18-6-4-13)10(8(2)19-7)20(16,17)12-15/h12,15H,3-6H2,1-2H3. The highest BCUT2D eigenvalue weighted by Crippen LogP contribution is 2.27. The molecular formula is C11H16N2O6S. The van der Waals surface area contributed by atoms with Gasteiger partial charge in [0.1, 0.15) is 22.0 Å². The van der Waals surface area contributed by atoms with E-state index in [2.05, 4.69) is 0 Å². The van der Waals surface area contributed by atoms with Crippen LogP contribution in [-0.2, 0) is 14.8 Å². The number of nitrogens with zero attached hydrogens (tertiary/aromatic N) is 1. The van der Waals surface area contributed by atoms with Crippen molar-refractivity contribution in [2.75, 3.05) is 26.3 Å². The topological polar surface area (TPSA) is 109 Å². The van der Waals surface area contributed by atoms with Gasteiger partial charge in [-0.25, -0.2) is 8.42 Å². The Morgan fingerprint density at radius 2 is 1.85 bits per heavy atom. The van der Waals surface area contributed by atoms with E-state index < -0.39 is 15.9 Å². The smallest absolute Gasteiger partial charge is 0.266 e. The van der Waals surface area contributed by atoms with Gasteiger partial charge in [0.25, 0.3) is 15.9 Å². The first-order valence-corrected chi connectivity index (χ1v) is 7.49. The van der Waals surface area contributed by atoms with Crippen LogP contribution in [0, 0.1) is 13.8 Å². The normalized spacial score (nSPS) is 16.4. The molecule has 2 N–H and O–H groups in total. The number of amides is 1. The van der Waals surface area contributed by atoms with E-state index in [-0.39, 0.29) is 22.0 Å². The number of nitrogens with one attached hydrogen (secondary N) is 1. The summed E-state index contributed by atoms with van der Waals surface area (Å²) in [7, 11) is -4.19. The van der Waals surface area contributed by atoms with Crippen molar-refractivity contribution in [3.8, 4) is 0 Å². The number of aryl methyl sites for hydroxylation is 2. The Hall–Kier alpha value is -1.42. The van der Waals surface area contributed by atoms with Gasteiger partial charge in [-0.3, -0.25) is 4.79 Å². The summed E-state index contributed by atoms with van der Waals surface area (Å²) in [5.41, 5.74) is -0.0500. The van der Waals surface area contributed by atoms with E-state index in [1.54, 1.807) is 0 Å². The van der Waals surface area contributed by atoms with Crippen molar-refractivity contribution < 1.29 is 27.6 Å². The maximum Gasteiger partial charge on any atom is 0.266 e. The van der Waals surface area contributed by atoms with Gasteiger partial charge >= 0.3 is 0 Å². The van der Waals surface area contributed by atoms with Crippen molar-refractivity contribution in [1.29, 1.82) is 0 Å². The summed E-state index contributed by atoms with van der Waals surface area (Å²) in [6.45, 7) is 4.51. The molecule has 8 nitrogen and oxygen atoms in total. The lowest BCUT2D eigenvalue weighted by atomic mass is 10.2. The second-order valence-corrected chi connectivity index (χ2v) is 6.02. The molecule has 0 aromatic carbocycles. The molecule has 1 saturated heterocycles. The molecule has 2 heterocycles. The lowest BCUT2D eigenvalue weighted by molar-refractivity contribution is 0.0299. The van der Waals surface area contributed by atoms with E-state index in [4.69, 9.17) is 14.4 Å². The Morgan fingerprint density at radius 1 is 1.25 bits per heavy atom. The minimum atomic E-state index is -4.19. The van der Waals surface area contributed by atoms with Crippen LogP contribution in [0.5, 0.6) is 0 Å². The number of hydrogen-bond donors (Lipinski definition) is 2. The fourth-order valence-corrected chi connectivity index (χ4v) is 3.22. The van der Waals surface area contributed by atoms with Crippen molar-refractivity contribution in [3.05, 3.63) is 17.1 Å². The third kappa shape index (κ3) is 2.57. The fraction of sp³-hybridized carbons (Fsp3) is 0.545. The zero-order chi connectivity index (χ0) is 14.9. The van der Waals surface area contributed by atoms with Crippen LogP contribution in [0.15, 0.2) is 9.31 Å². The average molecular weight is 304 g/mol. The Labute approximate surface area is 116 Å². The molecule has 1 aliphatic heterocycles. The predicted molar refractivity (Wildman–Crippen MR) is 67.0 cm³/mol. The van der Waals surface area contributed by atoms with Gasteiger partial charge in [0.05, 0.1) is 13.2 Å². The van der Waals surface area contributed by atoms with Gasteiger partial charge in [-0.1, -0.05) is 4.89 Å². The van der Waals surface area contributed by atoms with E-state index in [1.165, 1.54) is 23.6 Å². The van der Waals surface area contributed by atoms with Gasteiger partial charge in [-0.2, -0.15) is 0 Å². The van der Waals surface area contributed by atoms with E-state index in [0.717, 1.165) is 0 Å². The second-order valence-electron chi connectivity index (χ2n) is 4.42. The third-order valence-electron chi connectivity index (χ3n) is 3.11. The van der Waals surface area contributed by atoms with E-state index >= 15 is 0 Å². The van der Waals surface area contributed by atoms with Gasteiger partial charge in [0.15, 0.2) is 0 Å². The average Bonchev–Trinajstić information content (AvgIpc) is 2.74. The van der Waals surface area contributed by atoms with E-state index in [1.807, 2.05) is 0 Å². The third-order valence-corrected chi connectivity index (χ3v) is 4.38. The maximum absolute atomic E-state index is 12.5. The number of morpholine rings is 1. The molecule has 0 unspecified atom stereocenters. The Kier molecular flexibility index (Phi) is 4.14. The van der Waals surface area contributed by atoms with Gasteiger partial charge < -0.3 is 19.3 Å². The van der Waals surface area contributed by atoms with Crippen LogP contribution < -0.4 is 4.89 Å². The number of hydrogen-bond acceptors (Lipinski definition) is 6. The van der Waals surface area contributed by atoms with Crippen LogP contribution in [0.4, 0.5) is 0 Å². The highest BCUT2D eigenvalue weighted by atomic mass is 32.2. The second kappa shape index (κ2) is 5.52. The first-order chi connectivity index (χ1) is 9.38. The molecule has 20 heavy (non-hydrogen) atoms. The molecule has 0 bridgehead atoms. The number of ether oxygens (including phenoxy) is 1. The summed E-state index contributed by atoms with van der Waals surface area (Å²) in [4.78, 5) is 14.9. The largest absolute Gasteiger partial charge is 0.464 e. The number of carbonyl (C=O) groups excluding carboxylic acids is 1. The predicted octanol–water partition coefficient (Wildman–Crippen LogP) is 0.0363. The Balaban J connectivity index is 2.48. The van der Waals surface area contributed by atoms with Crippen molar-refractivity contribution in [2.24, 2.45) is 0 Å².